The number of hydrogen-bond donors (Lipinski definition) is 2. The highest BCUT2D eigenvalue weighted by molar-refractivity contribution is 5.83. The van der Waals surface area contributed by atoms with Crippen molar-refractivity contribution in [1.82, 2.24) is 5.32 Å². The van der Waals surface area contributed by atoms with Crippen molar-refractivity contribution < 1.29 is 9.52 Å². The second kappa shape index (κ2) is 4.65. The molecule has 0 saturated heterocycles. The van der Waals surface area contributed by atoms with Crippen LogP contribution >= 0.6 is 0 Å². The van der Waals surface area contributed by atoms with E-state index in [1.165, 1.54) is 18.4 Å². The Morgan fingerprint density at radius 1 is 1.44 bits per heavy atom. The molecule has 1 atom stereocenters. The van der Waals surface area contributed by atoms with Crippen LogP contribution < -0.4 is 5.32 Å². The zero-order chi connectivity index (χ0) is 12.5. The lowest BCUT2D eigenvalue weighted by Crippen LogP contribution is -2.30. The minimum atomic E-state index is 0.313. The molecule has 96 valence electrons. The predicted molar refractivity (Wildman–Crippen MR) is 72.0 cm³/mol. The SMILES string of the molecule is CCCC1Cc2oc3ccc(O)cc3c2CCN1. The first-order valence-corrected chi connectivity index (χ1v) is 6.74. The average molecular weight is 245 g/mol. The summed E-state index contributed by atoms with van der Waals surface area (Å²) in [7, 11) is 0. The topological polar surface area (TPSA) is 45.4 Å². The molecule has 0 spiro atoms. The standard InChI is InChI=1S/C15H19NO2/c1-2-3-10-8-15-12(6-7-16-10)13-9-11(17)4-5-14(13)18-15/h4-5,9-10,16-17H,2-3,6-8H2,1H3. The number of phenols is 1. The van der Waals surface area contributed by atoms with E-state index in [-0.39, 0.29) is 0 Å². The predicted octanol–water partition coefficient (Wildman–Crippen LogP) is 3.00. The van der Waals surface area contributed by atoms with Gasteiger partial charge in [-0.05, 0) is 37.6 Å². The molecule has 1 unspecified atom stereocenters. The van der Waals surface area contributed by atoms with Crippen LogP contribution in [0.2, 0.25) is 0 Å². The maximum atomic E-state index is 9.60. The zero-order valence-corrected chi connectivity index (χ0v) is 10.7. The van der Waals surface area contributed by atoms with Gasteiger partial charge in [0.05, 0.1) is 0 Å². The van der Waals surface area contributed by atoms with Crippen LogP contribution in [0, 0.1) is 0 Å². The molecular weight excluding hydrogens is 226 g/mol. The van der Waals surface area contributed by atoms with Crippen molar-refractivity contribution in [1.29, 1.82) is 0 Å². The molecule has 2 heterocycles. The van der Waals surface area contributed by atoms with Gasteiger partial charge in [0.15, 0.2) is 0 Å². The van der Waals surface area contributed by atoms with Gasteiger partial charge in [-0.25, -0.2) is 0 Å². The Hall–Kier alpha value is -1.48. The minimum Gasteiger partial charge on any atom is -0.508 e. The Morgan fingerprint density at radius 2 is 2.33 bits per heavy atom. The van der Waals surface area contributed by atoms with E-state index >= 15 is 0 Å². The molecule has 3 nitrogen and oxygen atoms in total. The van der Waals surface area contributed by atoms with Gasteiger partial charge in [0, 0.05) is 23.4 Å². The van der Waals surface area contributed by atoms with E-state index in [9.17, 15) is 5.11 Å². The Kier molecular flexibility index (Phi) is 3.00. The largest absolute Gasteiger partial charge is 0.508 e. The highest BCUT2D eigenvalue weighted by Crippen LogP contribution is 2.31. The second-order valence-corrected chi connectivity index (χ2v) is 5.08. The molecule has 2 aromatic rings. The summed E-state index contributed by atoms with van der Waals surface area (Å²) in [5.74, 6) is 1.41. The van der Waals surface area contributed by atoms with Gasteiger partial charge in [0.2, 0.25) is 0 Å². The van der Waals surface area contributed by atoms with E-state index in [0.717, 1.165) is 36.1 Å². The molecule has 1 aromatic heterocycles. The first kappa shape index (κ1) is 11.6. The average Bonchev–Trinajstić information content (AvgIpc) is 2.55. The zero-order valence-electron chi connectivity index (χ0n) is 10.7. The van der Waals surface area contributed by atoms with Crippen molar-refractivity contribution in [2.75, 3.05) is 6.54 Å². The van der Waals surface area contributed by atoms with E-state index in [4.69, 9.17) is 4.42 Å². The van der Waals surface area contributed by atoms with E-state index in [1.807, 2.05) is 12.1 Å². The molecule has 1 aliphatic rings. The van der Waals surface area contributed by atoms with Gasteiger partial charge in [-0.2, -0.15) is 0 Å². The molecule has 1 aliphatic heterocycles. The molecule has 0 saturated carbocycles. The number of furan rings is 1. The third-order valence-electron chi connectivity index (χ3n) is 3.73. The first-order chi connectivity index (χ1) is 8.78. The number of rotatable bonds is 2. The van der Waals surface area contributed by atoms with Gasteiger partial charge in [-0.3, -0.25) is 0 Å². The fourth-order valence-corrected chi connectivity index (χ4v) is 2.88. The van der Waals surface area contributed by atoms with Gasteiger partial charge in [-0.15, -0.1) is 0 Å². The summed E-state index contributed by atoms with van der Waals surface area (Å²) in [5, 5.41) is 14.2. The highest BCUT2D eigenvalue weighted by atomic mass is 16.3. The lowest BCUT2D eigenvalue weighted by Gasteiger charge is -2.13. The summed E-state index contributed by atoms with van der Waals surface area (Å²) in [6.07, 6.45) is 4.31. The van der Waals surface area contributed by atoms with Gasteiger partial charge >= 0.3 is 0 Å². The number of nitrogens with one attached hydrogen (secondary N) is 1. The van der Waals surface area contributed by atoms with Crippen molar-refractivity contribution in [3.8, 4) is 5.75 Å². The summed E-state index contributed by atoms with van der Waals surface area (Å²) in [4.78, 5) is 0. The van der Waals surface area contributed by atoms with Crippen LogP contribution in [0.3, 0.4) is 0 Å². The number of phenolic OH excluding ortho intramolecular Hbond substituents is 1. The normalized spacial score (nSPS) is 19.7. The van der Waals surface area contributed by atoms with Crippen LogP contribution in [0.5, 0.6) is 5.75 Å². The molecule has 2 N–H and O–H groups in total. The van der Waals surface area contributed by atoms with Crippen LogP contribution in [0.15, 0.2) is 22.6 Å². The lowest BCUT2D eigenvalue weighted by molar-refractivity contribution is 0.449. The van der Waals surface area contributed by atoms with Crippen molar-refractivity contribution in [3.63, 3.8) is 0 Å². The molecule has 0 aliphatic carbocycles. The summed E-state index contributed by atoms with van der Waals surface area (Å²) in [5.41, 5.74) is 2.17. The molecule has 0 radical (unpaired) electrons. The number of fused-ring (bicyclic) bond motifs is 3. The van der Waals surface area contributed by atoms with Crippen LogP contribution in [0.4, 0.5) is 0 Å². The summed E-state index contributed by atoms with van der Waals surface area (Å²) in [6.45, 7) is 3.20. The van der Waals surface area contributed by atoms with Crippen LogP contribution in [0.25, 0.3) is 11.0 Å². The Balaban J connectivity index is 2.02. The Bertz CT molecular complexity index is 559. The van der Waals surface area contributed by atoms with Gasteiger partial charge < -0.3 is 14.8 Å². The third-order valence-corrected chi connectivity index (χ3v) is 3.73. The van der Waals surface area contributed by atoms with E-state index < -0.39 is 0 Å². The van der Waals surface area contributed by atoms with Crippen LogP contribution in [-0.2, 0) is 12.8 Å². The van der Waals surface area contributed by atoms with Crippen LogP contribution in [-0.4, -0.2) is 17.7 Å². The molecule has 0 fully saturated rings. The number of hydrogen-bond acceptors (Lipinski definition) is 3. The van der Waals surface area contributed by atoms with Crippen LogP contribution in [0.1, 0.15) is 31.1 Å². The molecule has 3 heteroatoms. The first-order valence-electron chi connectivity index (χ1n) is 6.74. The lowest BCUT2D eigenvalue weighted by atomic mass is 10.0. The minimum absolute atomic E-state index is 0.313. The second-order valence-electron chi connectivity index (χ2n) is 5.08. The maximum Gasteiger partial charge on any atom is 0.134 e. The monoisotopic (exact) mass is 245 g/mol. The molecule has 1 aromatic carbocycles. The van der Waals surface area contributed by atoms with Crippen molar-refractivity contribution in [2.45, 2.75) is 38.6 Å². The number of aromatic hydroxyl groups is 1. The molecule has 3 rings (SSSR count). The Morgan fingerprint density at radius 3 is 3.17 bits per heavy atom. The van der Waals surface area contributed by atoms with E-state index in [2.05, 4.69) is 12.2 Å². The van der Waals surface area contributed by atoms with Crippen molar-refractivity contribution >= 4 is 11.0 Å². The quantitative estimate of drug-likeness (QED) is 0.855. The van der Waals surface area contributed by atoms with Crippen molar-refractivity contribution in [2.24, 2.45) is 0 Å². The maximum absolute atomic E-state index is 9.60. The molecule has 0 bridgehead atoms. The van der Waals surface area contributed by atoms with Gasteiger partial charge in [-0.1, -0.05) is 13.3 Å². The highest BCUT2D eigenvalue weighted by Gasteiger charge is 2.21. The molecule has 18 heavy (non-hydrogen) atoms. The fourth-order valence-electron chi connectivity index (χ4n) is 2.88. The fraction of sp³-hybridized carbons (Fsp3) is 0.467. The summed E-state index contributed by atoms with van der Waals surface area (Å²) >= 11 is 0. The smallest absolute Gasteiger partial charge is 0.134 e. The third kappa shape index (κ3) is 1.99. The molecular formula is C15H19NO2. The van der Waals surface area contributed by atoms with Gasteiger partial charge in [0.25, 0.3) is 0 Å². The van der Waals surface area contributed by atoms with Crippen molar-refractivity contribution in [3.05, 3.63) is 29.5 Å². The van der Waals surface area contributed by atoms with E-state index in [0.29, 0.717) is 11.8 Å². The van der Waals surface area contributed by atoms with Gasteiger partial charge in [0.1, 0.15) is 17.1 Å². The summed E-state index contributed by atoms with van der Waals surface area (Å²) < 4.78 is 5.95. The number of benzene rings is 1. The molecule has 0 amide bonds. The van der Waals surface area contributed by atoms with E-state index in [1.54, 1.807) is 6.07 Å². The summed E-state index contributed by atoms with van der Waals surface area (Å²) in [6, 6.07) is 5.89. The Labute approximate surface area is 107 Å².